The first-order valence-electron chi connectivity index (χ1n) is 5.58. The van der Waals surface area contributed by atoms with Crippen molar-refractivity contribution in [2.24, 2.45) is 11.7 Å². The van der Waals surface area contributed by atoms with Gasteiger partial charge in [-0.1, -0.05) is 31.6 Å². The third-order valence-electron chi connectivity index (χ3n) is 2.38. The van der Waals surface area contributed by atoms with Gasteiger partial charge in [-0.3, -0.25) is 4.79 Å². The van der Waals surface area contributed by atoms with Crippen LogP contribution in [-0.4, -0.2) is 15.9 Å². The van der Waals surface area contributed by atoms with Gasteiger partial charge in [-0.25, -0.2) is 4.98 Å². The van der Waals surface area contributed by atoms with E-state index < -0.39 is 5.92 Å². The van der Waals surface area contributed by atoms with E-state index in [1.165, 1.54) is 0 Å². The number of amides is 1. The smallest absolute Gasteiger partial charge is 0.235 e. The molecule has 5 heteroatoms. The summed E-state index contributed by atoms with van der Waals surface area (Å²) in [6.45, 7) is 3.86. The number of nitrogens with zero attached hydrogens (tertiary/aromatic N) is 1. The maximum absolute atomic E-state index is 11.9. The van der Waals surface area contributed by atoms with Crippen LogP contribution in [0.15, 0.2) is 18.2 Å². The normalized spacial score (nSPS) is 11.9. The van der Waals surface area contributed by atoms with E-state index in [4.69, 9.17) is 18.0 Å². The van der Waals surface area contributed by atoms with Gasteiger partial charge in [0.2, 0.25) is 5.91 Å². The van der Waals surface area contributed by atoms with Crippen molar-refractivity contribution in [2.45, 2.75) is 26.7 Å². The molecule has 0 aliphatic carbocycles. The van der Waals surface area contributed by atoms with Crippen LogP contribution in [0, 0.1) is 12.8 Å². The summed E-state index contributed by atoms with van der Waals surface area (Å²) in [5.41, 5.74) is 6.41. The van der Waals surface area contributed by atoms with Crippen LogP contribution in [0.25, 0.3) is 0 Å². The number of carbonyl (C=O) groups excluding carboxylic acids is 1. The Hall–Kier alpha value is -1.49. The van der Waals surface area contributed by atoms with Crippen molar-refractivity contribution in [3.63, 3.8) is 0 Å². The summed E-state index contributed by atoms with van der Waals surface area (Å²) in [6.07, 6.45) is 1.52. The highest BCUT2D eigenvalue weighted by Crippen LogP contribution is 2.11. The highest BCUT2D eigenvalue weighted by molar-refractivity contribution is 7.80. The molecule has 4 nitrogen and oxygen atoms in total. The van der Waals surface area contributed by atoms with Crippen molar-refractivity contribution < 1.29 is 4.79 Å². The number of aromatic nitrogens is 1. The molecule has 1 unspecified atom stereocenters. The molecular formula is C12H17N3OS. The minimum Gasteiger partial charge on any atom is -0.393 e. The lowest BCUT2D eigenvalue weighted by Crippen LogP contribution is -2.33. The molecule has 17 heavy (non-hydrogen) atoms. The molecule has 0 radical (unpaired) electrons. The van der Waals surface area contributed by atoms with E-state index in [1.807, 2.05) is 26.0 Å². The molecule has 0 saturated carbocycles. The molecule has 1 aromatic rings. The van der Waals surface area contributed by atoms with Crippen LogP contribution >= 0.6 is 12.2 Å². The summed E-state index contributed by atoms with van der Waals surface area (Å²) >= 11 is 4.90. The first kappa shape index (κ1) is 13.6. The van der Waals surface area contributed by atoms with Gasteiger partial charge in [0.25, 0.3) is 0 Å². The Bertz CT molecular complexity index is 420. The average molecular weight is 251 g/mol. The lowest BCUT2D eigenvalue weighted by atomic mass is 10.0. The van der Waals surface area contributed by atoms with Gasteiger partial charge in [0.15, 0.2) is 0 Å². The monoisotopic (exact) mass is 251 g/mol. The number of rotatable bonds is 5. The summed E-state index contributed by atoms with van der Waals surface area (Å²) in [6, 6.07) is 5.45. The molecular weight excluding hydrogens is 234 g/mol. The molecule has 0 aromatic carbocycles. The lowest BCUT2D eigenvalue weighted by molar-refractivity contribution is -0.118. The maximum atomic E-state index is 11.9. The standard InChI is InChI=1S/C12H17N3OS/c1-3-5-9(11(13)17)12(16)15-10-7-4-6-8(2)14-10/h4,6-7,9H,3,5H2,1-2H3,(H2,13,17)(H,14,15,16). The molecule has 0 fully saturated rings. The van der Waals surface area contributed by atoms with Gasteiger partial charge < -0.3 is 11.1 Å². The topological polar surface area (TPSA) is 68.0 Å². The van der Waals surface area contributed by atoms with E-state index in [-0.39, 0.29) is 10.9 Å². The molecule has 1 rings (SSSR count). The van der Waals surface area contributed by atoms with E-state index in [0.29, 0.717) is 12.2 Å². The van der Waals surface area contributed by atoms with Crippen molar-refractivity contribution in [1.29, 1.82) is 0 Å². The Labute approximate surface area is 107 Å². The molecule has 0 aliphatic rings. The largest absolute Gasteiger partial charge is 0.393 e. The second kappa shape index (κ2) is 6.30. The number of thiocarbonyl (C=S) groups is 1. The molecule has 0 bridgehead atoms. The molecule has 3 N–H and O–H groups in total. The zero-order valence-electron chi connectivity index (χ0n) is 10.1. The number of aryl methyl sites for hydroxylation is 1. The van der Waals surface area contributed by atoms with Crippen LogP contribution in [0.5, 0.6) is 0 Å². The third-order valence-corrected chi connectivity index (χ3v) is 2.66. The zero-order chi connectivity index (χ0) is 12.8. The number of nitrogens with two attached hydrogens (primary N) is 1. The fourth-order valence-electron chi connectivity index (χ4n) is 1.52. The fourth-order valence-corrected chi connectivity index (χ4v) is 1.74. The number of hydrogen-bond donors (Lipinski definition) is 2. The fraction of sp³-hybridized carbons (Fsp3) is 0.417. The van der Waals surface area contributed by atoms with Crippen molar-refractivity contribution in [1.82, 2.24) is 4.98 Å². The maximum Gasteiger partial charge on any atom is 0.235 e. The first-order valence-corrected chi connectivity index (χ1v) is 5.99. The van der Waals surface area contributed by atoms with Crippen LogP contribution in [0.1, 0.15) is 25.5 Å². The van der Waals surface area contributed by atoms with Gasteiger partial charge in [0.1, 0.15) is 5.82 Å². The van der Waals surface area contributed by atoms with Crippen LogP contribution in [0.3, 0.4) is 0 Å². The van der Waals surface area contributed by atoms with Crippen LogP contribution in [-0.2, 0) is 4.79 Å². The van der Waals surface area contributed by atoms with Crippen LogP contribution < -0.4 is 11.1 Å². The van der Waals surface area contributed by atoms with E-state index in [1.54, 1.807) is 6.07 Å². The average Bonchev–Trinajstić information content (AvgIpc) is 2.25. The van der Waals surface area contributed by atoms with Crippen molar-refractivity contribution >= 4 is 28.9 Å². The molecule has 1 amide bonds. The summed E-state index contributed by atoms with van der Waals surface area (Å²) < 4.78 is 0. The predicted molar refractivity (Wildman–Crippen MR) is 72.8 cm³/mol. The summed E-state index contributed by atoms with van der Waals surface area (Å²) in [7, 11) is 0. The Morgan fingerprint density at radius 1 is 1.59 bits per heavy atom. The minimum atomic E-state index is -0.419. The molecule has 1 aromatic heterocycles. The Balaban J connectivity index is 2.73. The lowest BCUT2D eigenvalue weighted by Gasteiger charge is -2.14. The van der Waals surface area contributed by atoms with Gasteiger partial charge in [0, 0.05) is 5.69 Å². The number of nitrogens with one attached hydrogen (secondary N) is 1. The summed E-state index contributed by atoms with van der Waals surface area (Å²) in [4.78, 5) is 16.4. The second-order valence-electron chi connectivity index (χ2n) is 3.90. The Kier molecular flexibility index (Phi) is 5.03. The second-order valence-corrected chi connectivity index (χ2v) is 4.37. The molecule has 1 heterocycles. The Morgan fingerprint density at radius 2 is 2.29 bits per heavy atom. The van der Waals surface area contributed by atoms with E-state index in [9.17, 15) is 4.79 Å². The van der Waals surface area contributed by atoms with Crippen molar-refractivity contribution in [3.05, 3.63) is 23.9 Å². The molecule has 0 aliphatic heterocycles. The minimum absolute atomic E-state index is 0.183. The molecule has 92 valence electrons. The highest BCUT2D eigenvalue weighted by Gasteiger charge is 2.20. The van der Waals surface area contributed by atoms with Gasteiger partial charge in [-0.2, -0.15) is 0 Å². The first-order chi connectivity index (χ1) is 8.04. The predicted octanol–water partition coefficient (Wildman–Crippen LogP) is 2.03. The molecule has 1 atom stereocenters. The van der Waals surface area contributed by atoms with Crippen LogP contribution in [0.2, 0.25) is 0 Å². The number of pyridine rings is 1. The van der Waals surface area contributed by atoms with Gasteiger partial charge in [-0.05, 0) is 25.5 Å². The van der Waals surface area contributed by atoms with Crippen molar-refractivity contribution in [2.75, 3.05) is 5.32 Å². The summed E-state index contributed by atoms with van der Waals surface area (Å²) in [5.74, 6) is -0.0675. The van der Waals surface area contributed by atoms with Crippen LogP contribution in [0.4, 0.5) is 5.82 Å². The SMILES string of the molecule is CCCC(C(=O)Nc1cccc(C)n1)C(N)=S. The summed E-state index contributed by atoms with van der Waals surface area (Å²) in [5, 5.41) is 2.73. The van der Waals surface area contributed by atoms with Crippen molar-refractivity contribution in [3.8, 4) is 0 Å². The van der Waals surface area contributed by atoms with Gasteiger partial charge in [-0.15, -0.1) is 0 Å². The number of anilines is 1. The van der Waals surface area contributed by atoms with E-state index in [0.717, 1.165) is 12.1 Å². The molecule has 0 saturated heterocycles. The van der Waals surface area contributed by atoms with E-state index in [2.05, 4.69) is 10.3 Å². The van der Waals surface area contributed by atoms with Gasteiger partial charge >= 0.3 is 0 Å². The molecule has 0 spiro atoms. The van der Waals surface area contributed by atoms with Gasteiger partial charge in [0.05, 0.1) is 10.9 Å². The van der Waals surface area contributed by atoms with E-state index >= 15 is 0 Å². The quantitative estimate of drug-likeness (QED) is 0.786. The number of carbonyl (C=O) groups is 1. The highest BCUT2D eigenvalue weighted by atomic mass is 32.1. The Morgan fingerprint density at radius 3 is 2.82 bits per heavy atom. The third kappa shape index (κ3) is 4.11. The zero-order valence-corrected chi connectivity index (χ0v) is 10.9. The number of hydrogen-bond acceptors (Lipinski definition) is 3.